The fourth-order valence-corrected chi connectivity index (χ4v) is 3.74. The summed E-state index contributed by atoms with van der Waals surface area (Å²) in [5.74, 6) is 0. The first-order valence-corrected chi connectivity index (χ1v) is 9.11. The van der Waals surface area contributed by atoms with Gasteiger partial charge >= 0.3 is 6.09 Å². The van der Waals surface area contributed by atoms with Crippen molar-refractivity contribution in [3.05, 3.63) is 48.3 Å². The molecule has 0 bridgehead atoms. The molecule has 2 aliphatic heterocycles. The minimum Gasteiger partial charge on any atom is -0.444 e. The van der Waals surface area contributed by atoms with Crippen molar-refractivity contribution in [3.63, 3.8) is 0 Å². The number of anilines is 1. The molecule has 2 aliphatic rings. The molecule has 2 aromatic rings. The Kier molecular flexibility index (Phi) is 3.93. The molecular formula is C20H26N4O2. The quantitative estimate of drug-likeness (QED) is 0.850. The second-order valence-electron chi connectivity index (χ2n) is 8.57. The number of likely N-dealkylation sites (tertiary alicyclic amines) is 1. The van der Waals surface area contributed by atoms with Crippen LogP contribution < -0.4 is 4.90 Å². The molecule has 1 aromatic heterocycles. The Bertz CT molecular complexity index is 780. The Morgan fingerprint density at radius 3 is 2.50 bits per heavy atom. The number of aromatic nitrogens is 2. The third kappa shape index (κ3) is 3.41. The number of amides is 1. The van der Waals surface area contributed by atoms with Crippen molar-refractivity contribution in [3.8, 4) is 0 Å². The molecule has 2 saturated heterocycles. The van der Waals surface area contributed by atoms with E-state index in [-0.39, 0.29) is 11.5 Å². The molecule has 1 amide bonds. The summed E-state index contributed by atoms with van der Waals surface area (Å²) in [6.45, 7) is 10.0. The van der Waals surface area contributed by atoms with Crippen LogP contribution in [0.1, 0.15) is 26.3 Å². The first-order valence-electron chi connectivity index (χ1n) is 9.11. The smallest absolute Gasteiger partial charge is 0.410 e. The van der Waals surface area contributed by atoms with Gasteiger partial charge in [0.1, 0.15) is 5.60 Å². The van der Waals surface area contributed by atoms with Gasteiger partial charge in [-0.3, -0.25) is 4.68 Å². The molecular weight excluding hydrogens is 328 g/mol. The number of hydrogen-bond acceptors (Lipinski definition) is 4. The van der Waals surface area contributed by atoms with Gasteiger partial charge in [0.15, 0.2) is 0 Å². The van der Waals surface area contributed by atoms with Crippen molar-refractivity contribution in [2.24, 2.45) is 5.41 Å². The topological polar surface area (TPSA) is 50.6 Å². The molecule has 0 radical (unpaired) electrons. The maximum absolute atomic E-state index is 12.1. The predicted octanol–water partition coefficient (Wildman–Crippen LogP) is 2.99. The number of benzene rings is 1. The van der Waals surface area contributed by atoms with Gasteiger partial charge in [-0.15, -0.1) is 0 Å². The average Bonchev–Trinajstić information content (AvgIpc) is 2.92. The fraction of sp³-hybridized carbons (Fsp3) is 0.500. The maximum Gasteiger partial charge on any atom is 0.410 e. The van der Waals surface area contributed by atoms with Crippen molar-refractivity contribution in [1.29, 1.82) is 0 Å². The van der Waals surface area contributed by atoms with E-state index in [1.165, 1.54) is 5.56 Å². The number of carbonyl (C=O) groups is 1. The van der Waals surface area contributed by atoms with Crippen molar-refractivity contribution >= 4 is 11.8 Å². The second kappa shape index (κ2) is 6.04. The summed E-state index contributed by atoms with van der Waals surface area (Å²) in [5.41, 5.74) is 2.20. The predicted molar refractivity (Wildman–Crippen MR) is 100 cm³/mol. The monoisotopic (exact) mass is 354 g/mol. The molecule has 138 valence electrons. The highest BCUT2D eigenvalue weighted by Gasteiger charge is 2.54. The summed E-state index contributed by atoms with van der Waals surface area (Å²) in [7, 11) is 0. The van der Waals surface area contributed by atoms with Crippen LogP contribution in [-0.4, -0.2) is 52.6 Å². The van der Waals surface area contributed by atoms with Crippen molar-refractivity contribution in [2.75, 3.05) is 31.1 Å². The van der Waals surface area contributed by atoms with Gasteiger partial charge in [-0.2, -0.15) is 5.10 Å². The van der Waals surface area contributed by atoms with E-state index < -0.39 is 5.60 Å². The maximum atomic E-state index is 12.1. The third-order valence-corrected chi connectivity index (χ3v) is 4.93. The lowest BCUT2D eigenvalue weighted by Crippen LogP contribution is -2.73. The number of ether oxygens (including phenoxy) is 1. The normalized spacial score (nSPS) is 18.4. The Balaban J connectivity index is 1.28. The van der Waals surface area contributed by atoms with Gasteiger partial charge in [0.25, 0.3) is 0 Å². The molecule has 4 rings (SSSR count). The average molecular weight is 354 g/mol. The summed E-state index contributed by atoms with van der Waals surface area (Å²) >= 11 is 0. The number of rotatable bonds is 3. The summed E-state index contributed by atoms with van der Waals surface area (Å²) in [4.78, 5) is 16.2. The van der Waals surface area contributed by atoms with E-state index in [0.717, 1.165) is 38.4 Å². The van der Waals surface area contributed by atoms with Gasteiger partial charge in [0, 0.05) is 37.8 Å². The van der Waals surface area contributed by atoms with E-state index in [1.807, 2.05) is 49.8 Å². The molecule has 1 spiro atoms. The highest BCUT2D eigenvalue weighted by atomic mass is 16.6. The van der Waals surface area contributed by atoms with Crippen molar-refractivity contribution in [2.45, 2.75) is 32.9 Å². The SMILES string of the molecule is CC(C)(C)OC(=O)N1CC2(C1)CN(c1cnn(Cc3ccccc3)c1)C2. The molecule has 26 heavy (non-hydrogen) atoms. The number of carbonyl (C=O) groups excluding carboxylic acids is 1. The highest BCUT2D eigenvalue weighted by molar-refractivity contribution is 5.70. The first kappa shape index (κ1) is 16.9. The molecule has 0 aliphatic carbocycles. The Morgan fingerprint density at radius 1 is 1.15 bits per heavy atom. The van der Waals surface area contributed by atoms with Crippen LogP contribution in [-0.2, 0) is 11.3 Å². The Morgan fingerprint density at radius 2 is 1.85 bits per heavy atom. The first-order chi connectivity index (χ1) is 12.3. The molecule has 0 N–H and O–H groups in total. The minimum atomic E-state index is -0.432. The Hall–Kier alpha value is -2.50. The lowest BCUT2D eigenvalue weighted by Gasteiger charge is -2.60. The molecule has 2 fully saturated rings. The van der Waals surface area contributed by atoms with Gasteiger partial charge in [0.2, 0.25) is 0 Å². The summed E-state index contributed by atoms with van der Waals surface area (Å²) in [6.07, 6.45) is 3.84. The summed E-state index contributed by atoms with van der Waals surface area (Å²) in [6, 6.07) is 10.3. The molecule has 1 aromatic carbocycles. The molecule has 0 atom stereocenters. The lowest BCUT2D eigenvalue weighted by molar-refractivity contribution is -0.0453. The van der Waals surface area contributed by atoms with Gasteiger partial charge in [-0.25, -0.2) is 4.79 Å². The molecule has 3 heterocycles. The zero-order valence-corrected chi connectivity index (χ0v) is 15.7. The molecule has 6 nitrogen and oxygen atoms in total. The van der Waals surface area contributed by atoms with Gasteiger partial charge < -0.3 is 14.5 Å². The van der Waals surface area contributed by atoms with Crippen LogP contribution >= 0.6 is 0 Å². The zero-order valence-electron chi connectivity index (χ0n) is 15.7. The van der Waals surface area contributed by atoms with Crippen LogP contribution in [0.3, 0.4) is 0 Å². The van der Waals surface area contributed by atoms with Crippen molar-refractivity contribution in [1.82, 2.24) is 14.7 Å². The van der Waals surface area contributed by atoms with Gasteiger partial charge in [-0.1, -0.05) is 30.3 Å². The van der Waals surface area contributed by atoms with Crippen molar-refractivity contribution < 1.29 is 9.53 Å². The van der Waals surface area contributed by atoms with Crippen LogP contribution in [0.4, 0.5) is 10.5 Å². The fourth-order valence-electron chi connectivity index (χ4n) is 3.74. The largest absolute Gasteiger partial charge is 0.444 e. The second-order valence-corrected chi connectivity index (χ2v) is 8.57. The van der Waals surface area contributed by atoms with E-state index in [1.54, 1.807) is 4.90 Å². The van der Waals surface area contributed by atoms with E-state index in [4.69, 9.17) is 4.74 Å². The van der Waals surface area contributed by atoms with E-state index in [9.17, 15) is 4.79 Å². The number of nitrogens with zero attached hydrogens (tertiary/aromatic N) is 4. The molecule has 0 unspecified atom stereocenters. The standard InChI is InChI=1S/C20H26N4O2/c1-19(2,3)26-18(25)23-14-20(15-23)12-22(13-20)17-9-21-24(11-17)10-16-7-5-4-6-8-16/h4-9,11H,10,12-15H2,1-3H3. The van der Waals surface area contributed by atoms with Crippen LogP contribution in [0.25, 0.3) is 0 Å². The highest BCUT2D eigenvalue weighted by Crippen LogP contribution is 2.42. The summed E-state index contributed by atoms with van der Waals surface area (Å²) < 4.78 is 7.41. The van der Waals surface area contributed by atoms with E-state index >= 15 is 0 Å². The van der Waals surface area contributed by atoms with Crippen LogP contribution in [0.15, 0.2) is 42.7 Å². The Labute approximate surface area is 154 Å². The third-order valence-electron chi connectivity index (χ3n) is 4.93. The minimum absolute atomic E-state index is 0.197. The lowest BCUT2D eigenvalue weighted by atomic mass is 9.73. The number of hydrogen-bond donors (Lipinski definition) is 0. The van der Waals surface area contributed by atoms with Crippen LogP contribution in [0, 0.1) is 5.41 Å². The van der Waals surface area contributed by atoms with E-state index in [0.29, 0.717) is 0 Å². The van der Waals surface area contributed by atoms with Gasteiger partial charge in [-0.05, 0) is 26.3 Å². The van der Waals surface area contributed by atoms with Crippen LogP contribution in [0.2, 0.25) is 0 Å². The molecule has 6 heteroatoms. The summed E-state index contributed by atoms with van der Waals surface area (Å²) in [5, 5.41) is 4.48. The molecule has 0 saturated carbocycles. The van der Waals surface area contributed by atoms with E-state index in [2.05, 4.69) is 28.3 Å². The zero-order chi connectivity index (χ0) is 18.4. The van der Waals surface area contributed by atoms with Gasteiger partial charge in [0.05, 0.1) is 18.4 Å². The van der Waals surface area contributed by atoms with Crippen LogP contribution in [0.5, 0.6) is 0 Å².